The van der Waals surface area contributed by atoms with Crippen molar-refractivity contribution in [3.05, 3.63) is 40.3 Å². The van der Waals surface area contributed by atoms with E-state index in [1.165, 1.54) is 0 Å². The molecule has 1 heterocycles. The van der Waals surface area contributed by atoms with Crippen LogP contribution in [-0.4, -0.2) is 4.98 Å². The summed E-state index contributed by atoms with van der Waals surface area (Å²) >= 11 is 3.40. The van der Waals surface area contributed by atoms with E-state index < -0.39 is 0 Å². The van der Waals surface area contributed by atoms with Gasteiger partial charge in [0, 0.05) is 17.0 Å². The van der Waals surface area contributed by atoms with Crippen molar-refractivity contribution in [2.45, 2.75) is 13.8 Å². The molecular formula is C11H10BrNO. The van der Waals surface area contributed by atoms with Gasteiger partial charge in [-0.1, -0.05) is 28.1 Å². The normalized spacial score (nSPS) is 10.5. The molecule has 0 spiro atoms. The molecule has 2 rings (SSSR count). The van der Waals surface area contributed by atoms with Crippen molar-refractivity contribution in [1.82, 2.24) is 4.98 Å². The SMILES string of the molecule is Cc1nc(C)c(-c2ccc(Br)cc2)o1. The van der Waals surface area contributed by atoms with E-state index in [0.717, 1.165) is 21.5 Å². The molecule has 0 bridgehead atoms. The molecule has 72 valence electrons. The number of hydrogen-bond donors (Lipinski definition) is 0. The van der Waals surface area contributed by atoms with Crippen molar-refractivity contribution in [2.24, 2.45) is 0 Å². The van der Waals surface area contributed by atoms with Gasteiger partial charge in [0.05, 0.1) is 5.69 Å². The lowest BCUT2D eigenvalue weighted by atomic mass is 10.1. The number of aromatic nitrogens is 1. The van der Waals surface area contributed by atoms with Crippen molar-refractivity contribution >= 4 is 15.9 Å². The Morgan fingerprint density at radius 3 is 2.29 bits per heavy atom. The minimum atomic E-state index is 0.709. The molecule has 0 fully saturated rings. The highest BCUT2D eigenvalue weighted by Crippen LogP contribution is 2.25. The number of rotatable bonds is 1. The summed E-state index contributed by atoms with van der Waals surface area (Å²) in [5.74, 6) is 1.57. The summed E-state index contributed by atoms with van der Waals surface area (Å²) in [6, 6.07) is 8.01. The number of aryl methyl sites for hydroxylation is 2. The Kier molecular flexibility index (Phi) is 2.42. The molecule has 0 saturated heterocycles. The first-order chi connectivity index (χ1) is 6.66. The zero-order valence-corrected chi connectivity index (χ0v) is 9.63. The Morgan fingerprint density at radius 1 is 1.14 bits per heavy atom. The molecule has 14 heavy (non-hydrogen) atoms. The van der Waals surface area contributed by atoms with E-state index in [1.54, 1.807) is 0 Å². The van der Waals surface area contributed by atoms with E-state index in [4.69, 9.17) is 4.42 Å². The third-order valence-corrected chi connectivity index (χ3v) is 2.54. The highest BCUT2D eigenvalue weighted by molar-refractivity contribution is 9.10. The second-order valence-corrected chi connectivity index (χ2v) is 4.07. The summed E-state index contributed by atoms with van der Waals surface area (Å²) in [4.78, 5) is 4.23. The number of oxazole rings is 1. The Balaban J connectivity index is 2.49. The van der Waals surface area contributed by atoms with Crippen LogP contribution in [0.25, 0.3) is 11.3 Å². The lowest BCUT2D eigenvalue weighted by Gasteiger charge is -1.97. The summed E-state index contributed by atoms with van der Waals surface area (Å²) in [5, 5.41) is 0. The first kappa shape index (κ1) is 9.46. The van der Waals surface area contributed by atoms with Gasteiger partial charge in [0.2, 0.25) is 0 Å². The Hall–Kier alpha value is -1.09. The van der Waals surface area contributed by atoms with Crippen molar-refractivity contribution in [1.29, 1.82) is 0 Å². The van der Waals surface area contributed by atoms with Gasteiger partial charge in [0.1, 0.15) is 0 Å². The topological polar surface area (TPSA) is 26.0 Å². The van der Waals surface area contributed by atoms with E-state index in [1.807, 2.05) is 38.1 Å². The molecule has 0 saturated carbocycles. The summed E-state index contributed by atoms with van der Waals surface area (Å²) < 4.78 is 6.58. The predicted molar refractivity (Wildman–Crippen MR) is 59.1 cm³/mol. The van der Waals surface area contributed by atoms with E-state index in [2.05, 4.69) is 20.9 Å². The lowest BCUT2D eigenvalue weighted by molar-refractivity contribution is 0.534. The van der Waals surface area contributed by atoms with Crippen LogP contribution in [0.15, 0.2) is 33.2 Å². The predicted octanol–water partition coefficient (Wildman–Crippen LogP) is 3.72. The maximum absolute atomic E-state index is 5.51. The van der Waals surface area contributed by atoms with Gasteiger partial charge < -0.3 is 4.42 Å². The fraction of sp³-hybridized carbons (Fsp3) is 0.182. The fourth-order valence-electron chi connectivity index (χ4n) is 1.40. The van der Waals surface area contributed by atoms with E-state index in [9.17, 15) is 0 Å². The number of benzene rings is 1. The molecule has 0 aliphatic heterocycles. The minimum Gasteiger partial charge on any atom is -0.441 e. The van der Waals surface area contributed by atoms with Crippen LogP contribution in [0, 0.1) is 13.8 Å². The maximum atomic E-state index is 5.51. The average Bonchev–Trinajstić information content (AvgIpc) is 2.47. The van der Waals surface area contributed by atoms with Crippen molar-refractivity contribution in [3.8, 4) is 11.3 Å². The van der Waals surface area contributed by atoms with E-state index >= 15 is 0 Å². The molecule has 3 heteroatoms. The monoisotopic (exact) mass is 251 g/mol. The largest absolute Gasteiger partial charge is 0.441 e. The van der Waals surface area contributed by atoms with Gasteiger partial charge in [-0.3, -0.25) is 0 Å². The van der Waals surface area contributed by atoms with Gasteiger partial charge in [-0.2, -0.15) is 0 Å². The maximum Gasteiger partial charge on any atom is 0.192 e. The highest BCUT2D eigenvalue weighted by atomic mass is 79.9. The van der Waals surface area contributed by atoms with Crippen LogP contribution in [-0.2, 0) is 0 Å². The van der Waals surface area contributed by atoms with Crippen LogP contribution >= 0.6 is 15.9 Å². The summed E-state index contributed by atoms with van der Waals surface area (Å²) in [6.07, 6.45) is 0. The molecule has 2 aromatic rings. The van der Waals surface area contributed by atoms with Crippen LogP contribution in [0.4, 0.5) is 0 Å². The van der Waals surface area contributed by atoms with Gasteiger partial charge >= 0.3 is 0 Å². The van der Waals surface area contributed by atoms with Gasteiger partial charge in [-0.05, 0) is 19.1 Å². The lowest BCUT2D eigenvalue weighted by Crippen LogP contribution is -1.77. The quantitative estimate of drug-likeness (QED) is 0.773. The Bertz CT molecular complexity index is 445. The Morgan fingerprint density at radius 2 is 1.79 bits per heavy atom. The van der Waals surface area contributed by atoms with Gasteiger partial charge in [-0.25, -0.2) is 4.98 Å². The molecule has 0 radical (unpaired) electrons. The van der Waals surface area contributed by atoms with Gasteiger partial charge in [0.15, 0.2) is 11.7 Å². The molecular weight excluding hydrogens is 242 g/mol. The highest BCUT2D eigenvalue weighted by Gasteiger charge is 2.08. The third kappa shape index (κ3) is 1.73. The summed E-state index contributed by atoms with van der Waals surface area (Å²) in [5.41, 5.74) is 2.00. The van der Waals surface area contributed by atoms with E-state index in [0.29, 0.717) is 5.89 Å². The summed E-state index contributed by atoms with van der Waals surface area (Å²) in [7, 11) is 0. The molecule has 0 aliphatic rings. The average molecular weight is 252 g/mol. The molecule has 0 atom stereocenters. The van der Waals surface area contributed by atoms with Crippen molar-refractivity contribution < 1.29 is 4.42 Å². The van der Waals surface area contributed by atoms with Crippen LogP contribution in [0.2, 0.25) is 0 Å². The third-order valence-electron chi connectivity index (χ3n) is 2.01. The van der Waals surface area contributed by atoms with Crippen LogP contribution in [0.5, 0.6) is 0 Å². The number of halogens is 1. The fourth-order valence-corrected chi connectivity index (χ4v) is 1.66. The molecule has 1 aromatic carbocycles. The molecule has 0 amide bonds. The smallest absolute Gasteiger partial charge is 0.192 e. The minimum absolute atomic E-state index is 0.709. The first-order valence-corrected chi connectivity index (χ1v) is 5.16. The van der Waals surface area contributed by atoms with Gasteiger partial charge in [-0.15, -0.1) is 0 Å². The Labute approximate surface area is 91.1 Å². The van der Waals surface area contributed by atoms with E-state index in [-0.39, 0.29) is 0 Å². The second-order valence-electron chi connectivity index (χ2n) is 3.15. The van der Waals surface area contributed by atoms with Crippen LogP contribution in [0.3, 0.4) is 0 Å². The van der Waals surface area contributed by atoms with Crippen LogP contribution < -0.4 is 0 Å². The number of hydrogen-bond acceptors (Lipinski definition) is 2. The molecule has 1 aromatic heterocycles. The molecule has 0 N–H and O–H groups in total. The van der Waals surface area contributed by atoms with Crippen molar-refractivity contribution in [2.75, 3.05) is 0 Å². The van der Waals surface area contributed by atoms with Crippen LogP contribution in [0.1, 0.15) is 11.6 Å². The zero-order chi connectivity index (χ0) is 10.1. The first-order valence-electron chi connectivity index (χ1n) is 4.37. The van der Waals surface area contributed by atoms with Gasteiger partial charge in [0.25, 0.3) is 0 Å². The number of nitrogens with zero attached hydrogens (tertiary/aromatic N) is 1. The van der Waals surface area contributed by atoms with Crippen molar-refractivity contribution in [3.63, 3.8) is 0 Å². The summed E-state index contributed by atoms with van der Waals surface area (Å²) in [6.45, 7) is 3.81. The molecule has 0 unspecified atom stereocenters. The second kappa shape index (κ2) is 3.58. The molecule has 2 nitrogen and oxygen atoms in total. The standard InChI is InChI=1S/C11H10BrNO/c1-7-11(14-8(2)13-7)9-3-5-10(12)6-4-9/h3-6H,1-2H3. The molecule has 0 aliphatic carbocycles. The zero-order valence-electron chi connectivity index (χ0n) is 8.04.